The summed E-state index contributed by atoms with van der Waals surface area (Å²) in [6.45, 7) is -0.608. The van der Waals surface area contributed by atoms with Gasteiger partial charge in [-0.1, -0.05) is 46.9 Å². The number of aromatic nitrogens is 1. The van der Waals surface area contributed by atoms with Gasteiger partial charge in [-0.3, -0.25) is 4.79 Å². The van der Waals surface area contributed by atoms with Crippen molar-refractivity contribution in [2.75, 3.05) is 22.8 Å². The van der Waals surface area contributed by atoms with E-state index in [0.717, 1.165) is 4.31 Å². The van der Waals surface area contributed by atoms with Crippen LogP contribution in [0.5, 0.6) is 5.75 Å². The van der Waals surface area contributed by atoms with E-state index in [2.05, 4.69) is 10.3 Å². The summed E-state index contributed by atoms with van der Waals surface area (Å²) in [7, 11) is -4.11. The van der Waals surface area contributed by atoms with Gasteiger partial charge in [0, 0.05) is 5.02 Å². The first-order valence-electron chi connectivity index (χ1n) is 9.53. The van der Waals surface area contributed by atoms with Gasteiger partial charge in [0.05, 0.1) is 33.7 Å². The molecule has 0 fully saturated rings. The third-order valence-electron chi connectivity index (χ3n) is 4.76. The smallest absolute Gasteiger partial charge is 0.265 e. The quantitative estimate of drug-likeness (QED) is 0.513. The first kappa shape index (κ1) is 23.6. The highest BCUT2D eigenvalue weighted by Gasteiger charge is 2.36. The number of benzene rings is 2. The number of fused-ring (bicyclic) bond motifs is 1. The third-order valence-corrected chi connectivity index (χ3v) is 7.37. The van der Waals surface area contributed by atoms with Crippen molar-refractivity contribution in [3.63, 3.8) is 0 Å². The number of anilines is 2. The Morgan fingerprint density at radius 2 is 1.82 bits per heavy atom. The Morgan fingerprint density at radius 1 is 1.12 bits per heavy atom. The maximum Gasteiger partial charge on any atom is 0.265 e. The minimum atomic E-state index is -4.11. The van der Waals surface area contributed by atoms with Crippen LogP contribution in [0.2, 0.25) is 15.1 Å². The van der Waals surface area contributed by atoms with Crippen LogP contribution in [0.4, 0.5) is 11.6 Å². The van der Waals surface area contributed by atoms with Gasteiger partial charge in [0.1, 0.15) is 11.9 Å². The minimum Gasteiger partial charge on any atom is -0.482 e. The Morgan fingerprint density at radius 3 is 2.48 bits per heavy atom. The molecule has 2 aromatic carbocycles. The minimum absolute atomic E-state index is 0.0482. The number of amides is 1. The predicted molar refractivity (Wildman–Crippen MR) is 126 cm³/mol. The fourth-order valence-corrected chi connectivity index (χ4v) is 5.55. The Kier molecular flexibility index (Phi) is 6.69. The molecule has 0 spiro atoms. The maximum absolute atomic E-state index is 13.4. The van der Waals surface area contributed by atoms with E-state index in [4.69, 9.17) is 39.5 Å². The summed E-state index contributed by atoms with van der Waals surface area (Å²) >= 11 is 18.2. The molecule has 172 valence electrons. The summed E-state index contributed by atoms with van der Waals surface area (Å²) in [5, 5.41) is 12.7. The van der Waals surface area contributed by atoms with Crippen LogP contribution >= 0.6 is 34.8 Å². The summed E-state index contributed by atoms with van der Waals surface area (Å²) in [5.74, 6) is -0.498. The first-order valence-corrected chi connectivity index (χ1v) is 12.1. The van der Waals surface area contributed by atoms with Crippen LogP contribution in [0, 0.1) is 0 Å². The average molecular weight is 529 g/mol. The normalized spacial score (nSPS) is 15.5. The van der Waals surface area contributed by atoms with Crippen LogP contribution in [0.15, 0.2) is 59.5 Å². The van der Waals surface area contributed by atoms with Crippen molar-refractivity contribution in [2.45, 2.75) is 11.0 Å². The summed E-state index contributed by atoms with van der Waals surface area (Å²) in [5.41, 5.74) is 0.0559. The van der Waals surface area contributed by atoms with Gasteiger partial charge in [-0.2, -0.15) is 0 Å². The number of carbonyl (C=O) groups excluding carboxylic acids is 1. The van der Waals surface area contributed by atoms with Crippen molar-refractivity contribution in [1.82, 2.24) is 4.98 Å². The van der Waals surface area contributed by atoms with Gasteiger partial charge >= 0.3 is 0 Å². The molecule has 4 rings (SSSR count). The standard InChI is InChI=1S/C21H16Cl3N3O5S/c22-12-3-1-4-14(9-12)33(30,31)27-10-13(11-28)32-17-7-8-18(25-20(17)27)26-21(29)19-15(23)5-2-6-16(19)24/h1-9,13,28H,10-11H2,(H,25,26,29). The van der Waals surface area contributed by atoms with E-state index < -0.39 is 28.6 Å². The zero-order valence-corrected chi connectivity index (χ0v) is 19.8. The number of ether oxygens (including phenoxy) is 1. The number of pyridine rings is 1. The molecule has 8 nitrogen and oxygen atoms in total. The molecular formula is C21H16Cl3N3O5S. The molecule has 0 bridgehead atoms. The van der Waals surface area contributed by atoms with Gasteiger partial charge in [-0.05, 0) is 42.5 Å². The first-order chi connectivity index (χ1) is 15.7. The Hall–Kier alpha value is -2.56. The molecule has 1 atom stereocenters. The lowest BCUT2D eigenvalue weighted by molar-refractivity contribution is 0.102. The van der Waals surface area contributed by atoms with Crippen LogP contribution < -0.4 is 14.4 Å². The molecule has 1 unspecified atom stereocenters. The van der Waals surface area contributed by atoms with Crippen LogP contribution in [-0.2, 0) is 10.0 Å². The SMILES string of the molecule is O=C(Nc1ccc2c(n1)N(S(=O)(=O)c1cccc(Cl)c1)CC(CO)O2)c1c(Cl)cccc1Cl. The second-order valence-corrected chi connectivity index (χ2v) is 10.1. The highest BCUT2D eigenvalue weighted by molar-refractivity contribution is 7.92. The van der Waals surface area contributed by atoms with E-state index in [1.165, 1.54) is 42.5 Å². The monoisotopic (exact) mass is 527 g/mol. The number of hydrogen-bond donors (Lipinski definition) is 2. The van der Waals surface area contributed by atoms with E-state index >= 15 is 0 Å². The summed E-state index contributed by atoms with van der Waals surface area (Å²) in [6.07, 6.45) is -0.810. The summed E-state index contributed by atoms with van der Waals surface area (Å²) in [4.78, 5) is 17.0. The zero-order valence-electron chi connectivity index (χ0n) is 16.7. The average Bonchev–Trinajstić information content (AvgIpc) is 2.78. The molecule has 12 heteroatoms. The Bertz CT molecular complexity index is 1320. The number of sulfonamides is 1. The highest BCUT2D eigenvalue weighted by atomic mass is 35.5. The van der Waals surface area contributed by atoms with Crippen LogP contribution in [0.3, 0.4) is 0 Å². The topological polar surface area (TPSA) is 109 Å². The second kappa shape index (κ2) is 9.36. The van der Waals surface area contributed by atoms with E-state index in [9.17, 15) is 18.3 Å². The molecule has 1 aliphatic heterocycles. The Labute approximate surface area is 204 Å². The van der Waals surface area contributed by atoms with Crippen molar-refractivity contribution < 1.29 is 23.1 Å². The number of aliphatic hydroxyl groups excluding tert-OH is 1. The molecule has 0 aliphatic carbocycles. The molecule has 3 aromatic rings. The van der Waals surface area contributed by atoms with Crippen molar-refractivity contribution in [1.29, 1.82) is 0 Å². The lowest BCUT2D eigenvalue weighted by atomic mass is 10.2. The summed E-state index contributed by atoms with van der Waals surface area (Å²) < 4.78 is 33.4. The van der Waals surface area contributed by atoms with Gasteiger partial charge in [0.2, 0.25) is 0 Å². The molecule has 2 heterocycles. The van der Waals surface area contributed by atoms with Crippen LogP contribution in [0.25, 0.3) is 0 Å². The Balaban J connectivity index is 1.73. The maximum atomic E-state index is 13.4. The van der Waals surface area contributed by atoms with Crippen LogP contribution in [0.1, 0.15) is 10.4 Å². The molecule has 1 amide bonds. The lowest BCUT2D eigenvalue weighted by Crippen LogP contribution is -2.45. The van der Waals surface area contributed by atoms with Crippen molar-refractivity contribution in [2.24, 2.45) is 0 Å². The van der Waals surface area contributed by atoms with E-state index in [1.807, 2.05) is 0 Å². The number of hydrogen-bond acceptors (Lipinski definition) is 6. The molecule has 0 saturated heterocycles. The van der Waals surface area contributed by atoms with Crippen LogP contribution in [-0.4, -0.2) is 43.7 Å². The van der Waals surface area contributed by atoms with Crippen molar-refractivity contribution >= 4 is 62.4 Å². The van der Waals surface area contributed by atoms with Crippen molar-refractivity contribution in [3.05, 3.63) is 75.2 Å². The largest absolute Gasteiger partial charge is 0.482 e. The zero-order chi connectivity index (χ0) is 23.8. The summed E-state index contributed by atoms with van der Waals surface area (Å²) in [6, 6.07) is 13.3. The highest BCUT2D eigenvalue weighted by Crippen LogP contribution is 2.37. The van der Waals surface area contributed by atoms with E-state index in [1.54, 1.807) is 12.1 Å². The fourth-order valence-electron chi connectivity index (χ4n) is 3.22. The van der Waals surface area contributed by atoms with Gasteiger partial charge in [0.25, 0.3) is 15.9 Å². The fraction of sp³-hybridized carbons (Fsp3) is 0.143. The molecule has 0 radical (unpaired) electrons. The number of carbonyl (C=O) groups is 1. The second-order valence-electron chi connectivity index (χ2n) is 6.98. The van der Waals surface area contributed by atoms with E-state index in [-0.39, 0.29) is 49.5 Å². The lowest BCUT2D eigenvalue weighted by Gasteiger charge is -2.34. The number of nitrogens with zero attached hydrogens (tertiary/aromatic N) is 2. The molecular weight excluding hydrogens is 513 g/mol. The number of nitrogens with one attached hydrogen (secondary N) is 1. The van der Waals surface area contributed by atoms with Gasteiger partial charge in [-0.25, -0.2) is 17.7 Å². The number of halogens is 3. The van der Waals surface area contributed by atoms with Gasteiger partial charge in [-0.15, -0.1) is 0 Å². The molecule has 2 N–H and O–H groups in total. The molecule has 0 saturated carbocycles. The van der Waals surface area contributed by atoms with Gasteiger partial charge in [0.15, 0.2) is 11.6 Å². The number of aliphatic hydroxyl groups is 1. The molecule has 33 heavy (non-hydrogen) atoms. The molecule has 1 aliphatic rings. The van der Waals surface area contributed by atoms with Crippen molar-refractivity contribution in [3.8, 4) is 5.75 Å². The third kappa shape index (κ3) is 4.73. The number of rotatable bonds is 5. The molecule has 1 aromatic heterocycles. The predicted octanol–water partition coefficient (Wildman–Crippen LogP) is 4.24. The van der Waals surface area contributed by atoms with E-state index in [0.29, 0.717) is 0 Å². The van der Waals surface area contributed by atoms with Gasteiger partial charge < -0.3 is 15.2 Å².